The van der Waals surface area contributed by atoms with Crippen molar-refractivity contribution in [3.8, 4) is 5.75 Å². The van der Waals surface area contributed by atoms with Gasteiger partial charge in [-0.05, 0) is 54.2 Å². The maximum atomic E-state index is 12.8. The number of hydrogen-bond donors (Lipinski definition) is 0. The van der Waals surface area contributed by atoms with E-state index in [1.165, 1.54) is 17.5 Å². The van der Waals surface area contributed by atoms with Crippen LogP contribution in [0.3, 0.4) is 0 Å². The van der Waals surface area contributed by atoms with Crippen molar-refractivity contribution in [2.45, 2.75) is 65.0 Å². The highest BCUT2D eigenvalue weighted by Gasteiger charge is 2.25. The summed E-state index contributed by atoms with van der Waals surface area (Å²) in [4.78, 5) is 25.3. The lowest BCUT2D eigenvalue weighted by molar-refractivity contribution is -0.125. The Labute approximate surface area is 254 Å². The smallest absolute Gasteiger partial charge is 0.250 e. The van der Waals surface area contributed by atoms with Gasteiger partial charge in [-0.25, -0.2) is 0 Å². The minimum absolute atomic E-state index is 0.0149. The van der Waals surface area contributed by atoms with E-state index in [2.05, 4.69) is 62.4 Å². The lowest BCUT2D eigenvalue weighted by Crippen LogP contribution is -2.25. The van der Waals surface area contributed by atoms with Crippen LogP contribution in [-0.4, -0.2) is 21.5 Å². The van der Waals surface area contributed by atoms with Crippen LogP contribution < -0.4 is 10.3 Å². The molecule has 1 aliphatic rings. The van der Waals surface area contributed by atoms with Gasteiger partial charge in [0.05, 0.1) is 18.7 Å². The molecule has 0 radical (unpaired) electrons. The Balaban J connectivity index is 0.00000118. The van der Waals surface area contributed by atoms with Crippen molar-refractivity contribution in [3.63, 3.8) is 0 Å². The Morgan fingerprint density at radius 1 is 0.814 bits per heavy atom. The average molecular weight is 575 g/mol. The topological polar surface area (TPSA) is 53.2 Å². The Kier molecular flexibility index (Phi) is 10.3. The van der Waals surface area contributed by atoms with Gasteiger partial charge in [-0.2, -0.15) is 0 Å². The molecule has 1 saturated carbocycles. The number of hydrogen-bond acceptors (Lipinski definition) is 3. The van der Waals surface area contributed by atoms with Gasteiger partial charge in [0.2, 0.25) is 0 Å². The number of ether oxygens (including phenoxy) is 1. The van der Waals surface area contributed by atoms with Crippen molar-refractivity contribution in [2.75, 3.05) is 6.61 Å². The zero-order valence-corrected chi connectivity index (χ0v) is 25.3. The largest absolute Gasteiger partial charge is 0.493 e. The van der Waals surface area contributed by atoms with Crippen molar-refractivity contribution in [1.82, 2.24) is 9.13 Å². The van der Waals surface area contributed by atoms with Crippen LogP contribution in [0.5, 0.6) is 5.75 Å². The van der Waals surface area contributed by atoms with Crippen LogP contribution in [0.15, 0.2) is 114 Å². The van der Waals surface area contributed by atoms with E-state index in [9.17, 15) is 9.59 Å². The summed E-state index contributed by atoms with van der Waals surface area (Å²) >= 11 is 0. The Hall–Kier alpha value is -4.38. The molecule has 222 valence electrons. The first-order chi connectivity index (χ1) is 21.1. The lowest BCUT2D eigenvalue weighted by Gasteiger charge is -2.24. The monoisotopic (exact) mass is 574 g/mol. The summed E-state index contributed by atoms with van der Waals surface area (Å²) in [5, 5.41) is 1.01. The molecule has 0 bridgehead atoms. The third-order valence-corrected chi connectivity index (χ3v) is 8.07. The molecule has 0 spiro atoms. The van der Waals surface area contributed by atoms with Crippen molar-refractivity contribution >= 4 is 16.7 Å². The number of nitrogens with zero attached hydrogens (tertiary/aromatic N) is 2. The van der Waals surface area contributed by atoms with Gasteiger partial charge in [-0.3, -0.25) is 9.59 Å². The highest BCUT2D eigenvalue weighted by molar-refractivity contribution is 5.89. The Bertz CT molecular complexity index is 1630. The van der Waals surface area contributed by atoms with Crippen LogP contribution in [0.1, 0.15) is 68.6 Å². The van der Waals surface area contributed by atoms with E-state index < -0.39 is 0 Å². The fraction of sp³-hybridized carbons (Fsp3) is 0.316. The van der Waals surface area contributed by atoms with Gasteiger partial charge in [-0.15, -0.1) is 0 Å². The number of aryl methyl sites for hydroxylation is 1. The van der Waals surface area contributed by atoms with E-state index in [1.807, 2.05) is 59.4 Å². The highest BCUT2D eigenvalue weighted by Crippen LogP contribution is 2.32. The highest BCUT2D eigenvalue weighted by atomic mass is 16.5. The van der Waals surface area contributed by atoms with E-state index in [0.29, 0.717) is 31.9 Å². The predicted molar refractivity (Wildman–Crippen MR) is 175 cm³/mol. The zero-order chi connectivity index (χ0) is 30.0. The minimum Gasteiger partial charge on any atom is -0.493 e. The third kappa shape index (κ3) is 7.34. The normalized spacial score (nSPS) is 12.9. The molecule has 1 fully saturated rings. The van der Waals surface area contributed by atoms with Crippen LogP contribution in [0, 0.1) is 5.92 Å². The van der Waals surface area contributed by atoms with Crippen LogP contribution in [0.2, 0.25) is 0 Å². The van der Waals surface area contributed by atoms with Gasteiger partial charge in [0, 0.05) is 42.2 Å². The molecule has 5 nitrogen and oxygen atoms in total. The molecule has 5 heteroatoms. The average Bonchev–Trinajstić information content (AvgIpc) is 3.40. The molecule has 0 aliphatic heterocycles. The summed E-state index contributed by atoms with van der Waals surface area (Å²) in [6, 6.07) is 32.4. The quantitative estimate of drug-likeness (QED) is 0.149. The van der Waals surface area contributed by atoms with Crippen LogP contribution in [-0.2, 0) is 17.9 Å². The van der Waals surface area contributed by atoms with E-state index >= 15 is 0 Å². The number of benzene rings is 3. The molecule has 0 amide bonds. The van der Waals surface area contributed by atoms with Gasteiger partial charge in [0.25, 0.3) is 5.56 Å². The maximum absolute atomic E-state index is 12.8. The van der Waals surface area contributed by atoms with Crippen molar-refractivity contribution < 1.29 is 9.53 Å². The lowest BCUT2D eigenvalue weighted by atomic mass is 9.82. The van der Waals surface area contributed by atoms with Gasteiger partial charge < -0.3 is 13.9 Å². The van der Waals surface area contributed by atoms with Crippen molar-refractivity contribution in [2.24, 2.45) is 5.92 Å². The van der Waals surface area contributed by atoms with E-state index in [0.717, 1.165) is 41.5 Å². The first kappa shape index (κ1) is 30.1. The number of carbonyl (C=O) groups is 1. The number of fused-ring (bicyclic) bond motifs is 1. The van der Waals surface area contributed by atoms with Crippen LogP contribution in [0.25, 0.3) is 10.9 Å². The molecule has 6 rings (SSSR count). The maximum Gasteiger partial charge on any atom is 0.250 e. The molecule has 0 saturated heterocycles. The van der Waals surface area contributed by atoms with Gasteiger partial charge >= 0.3 is 0 Å². The van der Waals surface area contributed by atoms with Crippen LogP contribution >= 0.6 is 0 Å². The molecular weight excluding hydrogens is 532 g/mol. The van der Waals surface area contributed by atoms with Crippen molar-refractivity contribution in [3.05, 3.63) is 136 Å². The minimum atomic E-state index is -0.0149. The zero-order valence-electron chi connectivity index (χ0n) is 25.3. The summed E-state index contributed by atoms with van der Waals surface area (Å²) in [7, 11) is 0. The molecule has 2 heterocycles. The molecule has 2 aromatic heterocycles. The van der Waals surface area contributed by atoms with E-state index in [4.69, 9.17) is 4.74 Å². The number of pyridine rings is 1. The number of rotatable bonds is 11. The summed E-state index contributed by atoms with van der Waals surface area (Å²) in [5.41, 5.74) is 4.47. The van der Waals surface area contributed by atoms with Crippen LogP contribution in [0.4, 0.5) is 0 Å². The summed E-state index contributed by atoms with van der Waals surface area (Å²) in [5.74, 6) is 1.41. The molecular formula is C38H42N2O3. The number of Topliss-reactive ketones (excluding diaryl/α,β-unsaturated/α-hetero) is 1. The fourth-order valence-corrected chi connectivity index (χ4v) is 5.67. The first-order valence-electron chi connectivity index (χ1n) is 15.6. The summed E-state index contributed by atoms with van der Waals surface area (Å²) < 4.78 is 10.0. The number of carbonyl (C=O) groups excluding carboxylic acids is 1. The molecule has 5 aromatic rings. The number of aromatic nitrogens is 2. The number of ketones is 1. The Morgan fingerprint density at radius 3 is 2.12 bits per heavy atom. The fourth-order valence-electron chi connectivity index (χ4n) is 5.67. The molecule has 0 atom stereocenters. The Morgan fingerprint density at radius 2 is 1.49 bits per heavy atom. The molecule has 43 heavy (non-hydrogen) atoms. The second-order valence-electron chi connectivity index (χ2n) is 11.4. The van der Waals surface area contributed by atoms with E-state index in [1.54, 1.807) is 10.6 Å². The molecule has 3 aromatic carbocycles. The first-order valence-corrected chi connectivity index (χ1v) is 15.6. The SMILES string of the molecule is CCC.O=C(Cn1ccc2c(OCCCn3cc(C(c4ccccc4)c4ccccc4)ccc3=O)cccc21)C1CCC1. The second-order valence-corrected chi connectivity index (χ2v) is 11.4. The van der Waals surface area contributed by atoms with Gasteiger partial charge in [0.15, 0.2) is 5.78 Å². The van der Waals surface area contributed by atoms with E-state index in [-0.39, 0.29) is 17.4 Å². The summed E-state index contributed by atoms with van der Waals surface area (Å²) in [6.45, 7) is 5.72. The second kappa shape index (κ2) is 14.7. The standard InChI is InChI=1S/C35H34N2O3.C3H8/c38-32(26-14-7-15-26)25-36-22-20-30-31(36)16-8-17-33(30)40-23-9-21-37-24-29(18-19-34(37)39)35(27-10-3-1-4-11-27)28-12-5-2-6-13-28;1-3-2/h1-6,8,10-13,16-20,22,24,26,35H,7,9,14-15,21,23,25H2;3H2,1-2H3. The van der Waals surface area contributed by atoms with Crippen molar-refractivity contribution in [1.29, 1.82) is 0 Å². The molecule has 0 unspecified atom stereocenters. The third-order valence-electron chi connectivity index (χ3n) is 8.07. The van der Waals surface area contributed by atoms with Gasteiger partial charge in [-0.1, -0.05) is 99.5 Å². The van der Waals surface area contributed by atoms with Gasteiger partial charge in [0.1, 0.15) is 5.75 Å². The molecule has 1 aliphatic carbocycles. The molecule has 0 N–H and O–H groups in total. The summed E-state index contributed by atoms with van der Waals surface area (Å²) in [6.07, 6.45) is 9.14. The predicted octanol–water partition coefficient (Wildman–Crippen LogP) is 8.24.